The van der Waals surface area contributed by atoms with Crippen LogP contribution in [0.15, 0.2) is 146 Å². The Kier molecular flexibility index (Phi) is 24.4. The molecule has 15 rings (SSSR count). The highest BCUT2D eigenvalue weighted by Crippen LogP contribution is 2.55. The van der Waals surface area contributed by atoms with Crippen molar-refractivity contribution in [2.24, 2.45) is 82.9 Å². The van der Waals surface area contributed by atoms with Gasteiger partial charge in [0.15, 0.2) is 0 Å². The normalized spacial score (nSPS) is 30.2. The number of hydrogen-bond acceptors (Lipinski definition) is 14. The van der Waals surface area contributed by atoms with E-state index >= 15 is 0 Å². The number of cyclic esters (lactones) is 1. The zero-order valence-electron chi connectivity index (χ0n) is 61.0. The number of nitrogens with one attached hydrogen (secondary N) is 4. The van der Waals surface area contributed by atoms with Gasteiger partial charge in [0, 0.05) is 84.9 Å². The molecule has 0 radical (unpaired) electrons. The Morgan fingerprint density at radius 3 is 1.32 bits per heavy atom. The monoisotopic (exact) mass is 1480 g/mol. The van der Waals surface area contributed by atoms with E-state index in [4.69, 9.17) is 18.9 Å². The van der Waals surface area contributed by atoms with Gasteiger partial charge in [-0.15, -0.1) is 0 Å². The molecule has 107 heavy (non-hydrogen) atoms. The van der Waals surface area contributed by atoms with Crippen molar-refractivity contribution in [1.82, 2.24) is 40.5 Å². The van der Waals surface area contributed by atoms with E-state index in [1.807, 2.05) is 79.7 Å². The molecule has 3 saturated heterocycles. The molecule has 6 saturated carbocycles. The number of rotatable bonds is 15. The second-order valence-electron chi connectivity index (χ2n) is 30.3. The Morgan fingerprint density at radius 2 is 0.907 bits per heavy atom. The Bertz CT molecular complexity index is 4160. The van der Waals surface area contributed by atoms with Crippen LogP contribution in [0.4, 0.5) is 27.6 Å². The molecule has 9 fully saturated rings. The van der Waals surface area contributed by atoms with Crippen LogP contribution in [0, 0.1) is 100 Å². The highest BCUT2D eigenvalue weighted by molar-refractivity contribution is 7.89. The fraction of sp³-hybridized carbons (Fsp3) is 0.476. The maximum atomic E-state index is 13.6. The van der Waals surface area contributed by atoms with E-state index < -0.39 is 10.0 Å². The summed E-state index contributed by atoms with van der Waals surface area (Å²) in [5.74, 6) is 2.51. The summed E-state index contributed by atoms with van der Waals surface area (Å²) in [5.41, 5.74) is 7.31. The van der Waals surface area contributed by atoms with Crippen LogP contribution in [0.1, 0.15) is 115 Å². The van der Waals surface area contributed by atoms with Gasteiger partial charge in [-0.05, 0) is 252 Å². The number of fused-ring (bicyclic) bond motifs is 6. The summed E-state index contributed by atoms with van der Waals surface area (Å²) in [6.45, 7) is 7.67. The van der Waals surface area contributed by atoms with Crippen molar-refractivity contribution in [1.29, 1.82) is 0 Å². The van der Waals surface area contributed by atoms with Gasteiger partial charge in [-0.25, -0.2) is 40.3 Å². The number of carbonyl (C=O) groups excluding carboxylic acids is 5. The molecule has 6 aromatic rings. The largest absolute Gasteiger partial charge is 0.465 e. The van der Waals surface area contributed by atoms with Gasteiger partial charge in [0.25, 0.3) is 0 Å². The standard InChI is InChI=1S/C28H34FN3O4S.C28H32FN3O3.C28H31FN2O4/c1-3-36-28(33)31-23-10-11-24-20(14-23)15-27-26(17-37(34,35)32(27)2)25(24)12-9-22-8-7-19(16-30-22)18-5-4-6-21(29)13-18;1-2-35-28(34)32-23-9-10-24-19(14-23)12-20-16-31-27(33)26(20)25(24)11-8-22-7-6-18(15-30-22)17-4-3-5-21(29)13-17;1-2-34-28(33)31-23-9-10-24-19(14-23)12-20-16-35-27(32)26(20)25(24)11-8-22-7-6-18(15-30-22)17-4-3-5-21(29)13-17/h4-9,12-13,16,20,23-27H,3,10-11,14-15,17H2,1-2H3,(H,31,33);3-8,11,13,15,19-20,23-26H,2,9-10,12,14,16H2,1H3,(H,31,33)(H,32,34);3-8,11,13,15,19-20,23-26H,2,9-10,12,14,16H2,1H3,(H,31,33)/b12-9+;2*11-8+/t20-,23+,24+,25-,26+,27-;2*19-,20+,23-,24-,25+,26-/m011/s1. The molecule has 6 aliphatic carbocycles. The van der Waals surface area contributed by atoms with Crippen molar-refractivity contribution >= 4 is 58.4 Å². The molecule has 0 unspecified atom stereocenters. The number of benzene rings is 3. The number of sulfonamides is 1. The maximum absolute atomic E-state index is 13.6. The third kappa shape index (κ3) is 18.2. The van der Waals surface area contributed by atoms with Crippen LogP contribution < -0.4 is 21.3 Å². The average molecular weight is 1480 g/mol. The lowest BCUT2D eigenvalue weighted by molar-refractivity contribution is -0.143. The van der Waals surface area contributed by atoms with Crippen LogP contribution in [0.2, 0.25) is 0 Å². The minimum Gasteiger partial charge on any atom is -0.465 e. The number of hydrogen-bond donors (Lipinski definition) is 4. The van der Waals surface area contributed by atoms with E-state index in [0.29, 0.717) is 67.9 Å². The lowest BCUT2D eigenvalue weighted by Gasteiger charge is -2.48. The molecule has 9 aliphatic rings. The van der Waals surface area contributed by atoms with Crippen molar-refractivity contribution in [3.8, 4) is 33.4 Å². The zero-order valence-corrected chi connectivity index (χ0v) is 61.8. The van der Waals surface area contributed by atoms with E-state index in [1.54, 1.807) is 62.0 Å². The van der Waals surface area contributed by atoms with Crippen molar-refractivity contribution in [3.63, 3.8) is 0 Å². The Balaban J connectivity index is 0.000000142. The van der Waals surface area contributed by atoms with Gasteiger partial charge in [0.05, 0.1) is 55.2 Å². The number of nitrogens with zero attached hydrogens (tertiary/aromatic N) is 4. The molecule has 0 bridgehead atoms. The van der Waals surface area contributed by atoms with Crippen LogP contribution >= 0.6 is 0 Å². The van der Waals surface area contributed by atoms with Crippen molar-refractivity contribution in [2.75, 3.05) is 45.8 Å². The number of alkyl carbamates (subject to hydrolysis) is 3. The third-order valence-corrected chi connectivity index (χ3v) is 26.1. The molecule has 23 heteroatoms. The van der Waals surface area contributed by atoms with Gasteiger partial charge in [0.1, 0.15) is 17.5 Å². The first kappa shape index (κ1) is 76.0. The van der Waals surface area contributed by atoms with Gasteiger partial charge in [0.2, 0.25) is 15.9 Å². The predicted molar refractivity (Wildman–Crippen MR) is 401 cm³/mol. The number of esters is 1. The maximum Gasteiger partial charge on any atom is 0.407 e. The topological polar surface area (TPSA) is 246 Å². The number of pyridine rings is 3. The Hall–Kier alpha value is -9.22. The average Bonchev–Trinajstić information content (AvgIpc) is 1.67. The first-order chi connectivity index (χ1) is 51.8. The molecule has 4 amide bonds. The number of halogens is 3. The highest BCUT2D eigenvalue weighted by atomic mass is 32.2. The quantitative estimate of drug-likeness (QED) is 0.0552. The lowest BCUT2D eigenvalue weighted by Crippen LogP contribution is -2.50. The highest BCUT2D eigenvalue weighted by Gasteiger charge is 2.56. The van der Waals surface area contributed by atoms with Gasteiger partial charge in [-0.1, -0.05) is 72.8 Å². The summed E-state index contributed by atoms with van der Waals surface area (Å²) in [5, 5.41) is 12.1. The molecule has 6 heterocycles. The van der Waals surface area contributed by atoms with E-state index in [0.717, 1.165) is 134 Å². The van der Waals surface area contributed by atoms with E-state index in [2.05, 4.69) is 54.4 Å². The van der Waals surface area contributed by atoms with Crippen LogP contribution in [0.25, 0.3) is 51.6 Å². The first-order valence-corrected chi connectivity index (χ1v) is 39.8. The fourth-order valence-corrected chi connectivity index (χ4v) is 21.1. The van der Waals surface area contributed by atoms with E-state index in [9.17, 15) is 45.6 Å². The number of carbonyl (C=O) groups is 5. The first-order valence-electron chi connectivity index (χ1n) is 38.2. The van der Waals surface area contributed by atoms with E-state index in [-0.39, 0.29) is 119 Å². The molecule has 4 N–H and O–H groups in total. The molecule has 0 spiro atoms. The van der Waals surface area contributed by atoms with E-state index in [1.165, 1.54) is 36.4 Å². The summed E-state index contributed by atoms with van der Waals surface area (Å²) in [4.78, 5) is 74.9. The summed E-state index contributed by atoms with van der Waals surface area (Å²) in [6.07, 6.45) is 27.5. The number of allylic oxidation sites excluding steroid dienone is 3. The minimum atomic E-state index is -3.28. The number of ether oxygens (including phenoxy) is 4. The van der Waals surface area contributed by atoms with Gasteiger partial charge in [-0.2, -0.15) is 0 Å². The molecule has 18 atom stereocenters. The second-order valence-corrected chi connectivity index (χ2v) is 32.4. The Labute approximate surface area is 624 Å². The van der Waals surface area contributed by atoms with Crippen molar-refractivity contribution in [2.45, 2.75) is 122 Å². The molecule has 3 aliphatic heterocycles. The molecular weight excluding hydrogens is 1390 g/mol. The smallest absolute Gasteiger partial charge is 0.407 e. The second kappa shape index (κ2) is 34.3. The van der Waals surface area contributed by atoms with Gasteiger partial charge < -0.3 is 40.2 Å². The van der Waals surface area contributed by atoms with Crippen LogP contribution in [0.5, 0.6) is 0 Å². The molecule has 3 aromatic carbocycles. The zero-order chi connectivity index (χ0) is 74.9. The molecule has 566 valence electrons. The SMILES string of the molecule is CCOC(=O)N[C@@H]1CC[C@@H]2[C@@H](C1)C[C@H]1CNC(=O)[C@H]1[C@H]2/C=C/c1ccc(-c2cccc(F)c2)cn1.CCOC(=O)N[C@@H]1CC[C@@H]2[C@@H](C1)C[C@H]1COC(=O)[C@H]1[C@H]2/C=C/c1ccc(-c2cccc(F)c2)cn1.CCOC(=O)N[C@@H]1CC[C@@H]2[C@@H](C1)C[C@H]1[C@H](CS(=O)(=O)N1C)[C@H]2/C=C/c1ccc(-c2cccc(F)c2)cn1. The molecular formula is C84H97F3N8O11S. The fourth-order valence-electron chi connectivity index (χ4n) is 19.3. The molecule has 3 aromatic heterocycles. The van der Waals surface area contributed by atoms with Crippen LogP contribution in [-0.2, 0) is 38.6 Å². The van der Waals surface area contributed by atoms with Crippen LogP contribution in [0.3, 0.4) is 0 Å². The van der Waals surface area contributed by atoms with Gasteiger partial charge in [-0.3, -0.25) is 24.5 Å². The third-order valence-electron chi connectivity index (χ3n) is 24.2. The summed E-state index contributed by atoms with van der Waals surface area (Å²) in [7, 11) is -1.58. The molecule has 19 nitrogen and oxygen atoms in total. The summed E-state index contributed by atoms with van der Waals surface area (Å²) in [6, 6.07) is 31.2. The number of aromatic nitrogens is 3. The van der Waals surface area contributed by atoms with Crippen molar-refractivity contribution < 1.29 is 64.5 Å². The predicted octanol–water partition coefficient (Wildman–Crippen LogP) is 14.8. The van der Waals surface area contributed by atoms with Crippen molar-refractivity contribution in [3.05, 3.63) is 181 Å². The minimum absolute atomic E-state index is 0.00590. The van der Waals surface area contributed by atoms with Crippen LogP contribution in [-0.4, -0.2) is 128 Å². The summed E-state index contributed by atoms with van der Waals surface area (Å²) >= 11 is 0. The number of amides is 4. The lowest BCUT2D eigenvalue weighted by atomic mass is 9.58. The Morgan fingerprint density at radius 1 is 0.505 bits per heavy atom. The van der Waals surface area contributed by atoms with Gasteiger partial charge >= 0.3 is 24.2 Å². The summed E-state index contributed by atoms with van der Waals surface area (Å²) < 4.78 is 88.6.